The molecule has 0 aliphatic heterocycles. The van der Waals surface area contributed by atoms with Gasteiger partial charge in [0.1, 0.15) is 5.75 Å². The van der Waals surface area contributed by atoms with Gasteiger partial charge in [-0.05, 0) is 6.07 Å². The van der Waals surface area contributed by atoms with Crippen molar-refractivity contribution >= 4 is 17.8 Å². The standard InChI is InChI=1S/C13H16N2O5/c1-19-10-5-3-2-4-9(10)6-13(18)20-8-12(17)15-7-11(14)16/h2-5H,6-8H2,1H3,(H2,14,16)(H,15,17). The Morgan fingerprint density at radius 2 is 1.95 bits per heavy atom. The molecule has 0 bridgehead atoms. The van der Waals surface area contributed by atoms with Gasteiger partial charge in [0.05, 0.1) is 20.1 Å². The van der Waals surface area contributed by atoms with Crippen LogP contribution >= 0.6 is 0 Å². The van der Waals surface area contributed by atoms with Gasteiger partial charge in [-0.2, -0.15) is 0 Å². The molecule has 0 aliphatic carbocycles. The van der Waals surface area contributed by atoms with E-state index in [-0.39, 0.29) is 13.0 Å². The second kappa shape index (κ2) is 7.78. The Balaban J connectivity index is 2.40. The Morgan fingerprint density at radius 1 is 1.25 bits per heavy atom. The van der Waals surface area contributed by atoms with Crippen molar-refractivity contribution in [1.29, 1.82) is 0 Å². The number of carbonyl (C=O) groups is 3. The lowest BCUT2D eigenvalue weighted by Gasteiger charge is -2.08. The van der Waals surface area contributed by atoms with Crippen molar-refractivity contribution in [2.75, 3.05) is 20.3 Å². The molecule has 1 rings (SSSR count). The number of amides is 2. The molecule has 0 aromatic heterocycles. The summed E-state index contributed by atoms with van der Waals surface area (Å²) >= 11 is 0. The zero-order valence-electron chi connectivity index (χ0n) is 11.0. The first-order chi connectivity index (χ1) is 9.52. The van der Waals surface area contributed by atoms with Gasteiger partial charge in [-0.1, -0.05) is 18.2 Å². The van der Waals surface area contributed by atoms with Crippen LogP contribution in [0, 0.1) is 0 Å². The number of ether oxygens (including phenoxy) is 2. The van der Waals surface area contributed by atoms with Crippen LogP contribution in [0.2, 0.25) is 0 Å². The topological polar surface area (TPSA) is 108 Å². The summed E-state index contributed by atoms with van der Waals surface area (Å²) in [4.78, 5) is 33.2. The summed E-state index contributed by atoms with van der Waals surface area (Å²) in [5.41, 5.74) is 5.52. The zero-order chi connectivity index (χ0) is 15.0. The minimum Gasteiger partial charge on any atom is -0.496 e. The van der Waals surface area contributed by atoms with Gasteiger partial charge >= 0.3 is 5.97 Å². The summed E-state index contributed by atoms with van der Waals surface area (Å²) in [6, 6.07) is 7.01. The highest BCUT2D eigenvalue weighted by atomic mass is 16.5. The van der Waals surface area contributed by atoms with E-state index < -0.39 is 24.4 Å². The molecular weight excluding hydrogens is 264 g/mol. The molecule has 1 aromatic carbocycles. The Labute approximate surface area is 116 Å². The average Bonchev–Trinajstić information content (AvgIpc) is 2.43. The fraction of sp³-hybridized carbons (Fsp3) is 0.308. The first-order valence-electron chi connectivity index (χ1n) is 5.85. The number of esters is 1. The first-order valence-corrected chi connectivity index (χ1v) is 5.85. The van der Waals surface area contributed by atoms with Crippen molar-refractivity contribution in [2.45, 2.75) is 6.42 Å². The summed E-state index contributed by atoms with van der Waals surface area (Å²) in [6.07, 6.45) is -0.00683. The van der Waals surface area contributed by atoms with Crippen molar-refractivity contribution in [3.8, 4) is 5.75 Å². The molecular formula is C13H16N2O5. The van der Waals surface area contributed by atoms with Crippen LogP contribution in [0.3, 0.4) is 0 Å². The molecule has 108 valence electrons. The maximum atomic E-state index is 11.6. The predicted octanol–water partition coefficient (Wildman–Crippen LogP) is -0.618. The lowest BCUT2D eigenvalue weighted by Crippen LogP contribution is -2.36. The number of benzene rings is 1. The fourth-order valence-corrected chi connectivity index (χ4v) is 1.44. The molecule has 0 radical (unpaired) electrons. The average molecular weight is 280 g/mol. The summed E-state index contributed by atoms with van der Waals surface area (Å²) in [7, 11) is 1.50. The molecule has 0 unspecified atom stereocenters. The second-order valence-corrected chi connectivity index (χ2v) is 3.89. The number of nitrogens with two attached hydrogens (primary N) is 1. The zero-order valence-corrected chi connectivity index (χ0v) is 11.0. The van der Waals surface area contributed by atoms with Crippen LogP contribution < -0.4 is 15.8 Å². The molecule has 20 heavy (non-hydrogen) atoms. The molecule has 0 aliphatic rings. The van der Waals surface area contributed by atoms with Crippen LogP contribution in [0.4, 0.5) is 0 Å². The summed E-state index contributed by atoms with van der Waals surface area (Å²) in [6.45, 7) is -0.746. The van der Waals surface area contributed by atoms with Gasteiger partial charge in [0.25, 0.3) is 5.91 Å². The number of hydrogen-bond acceptors (Lipinski definition) is 5. The van der Waals surface area contributed by atoms with Crippen molar-refractivity contribution in [3.63, 3.8) is 0 Å². The Morgan fingerprint density at radius 3 is 2.60 bits per heavy atom. The van der Waals surface area contributed by atoms with E-state index >= 15 is 0 Å². The normalized spacial score (nSPS) is 9.65. The Hall–Kier alpha value is -2.57. The van der Waals surface area contributed by atoms with Crippen molar-refractivity contribution < 1.29 is 23.9 Å². The van der Waals surface area contributed by atoms with Crippen LogP contribution in [0.25, 0.3) is 0 Å². The third-order valence-electron chi connectivity index (χ3n) is 2.35. The maximum absolute atomic E-state index is 11.6. The van der Waals surface area contributed by atoms with E-state index in [1.807, 2.05) is 0 Å². The van der Waals surface area contributed by atoms with Gasteiger partial charge < -0.3 is 20.5 Å². The highest BCUT2D eigenvalue weighted by Gasteiger charge is 2.11. The van der Waals surface area contributed by atoms with Gasteiger partial charge in [0, 0.05) is 5.56 Å². The largest absolute Gasteiger partial charge is 0.496 e. The predicted molar refractivity (Wildman–Crippen MR) is 69.9 cm³/mol. The molecule has 3 N–H and O–H groups in total. The smallest absolute Gasteiger partial charge is 0.310 e. The molecule has 0 heterocycles. The fourth-order valence-electron chi connectivity index (χ4n) is 1.44. The lowest BCUT2D eigenvalue weighted by atomic mass is 10.1. The number of carbonyl (C=O) groups excluding carboxylic acids is 3. The summed E-state index contributed by atoms with van der Waals surface area (Å²) < 4.78 is 9.88. The second-order valence-electron chi connectivity index (χ2n) is 3.89. The van der Waals surface area contributed by atoms with Gasteiger partial charge in [0.2, 0.25) is 5.91 Å². The van der Waals surface area contributed by atoms with Crippen LogP contribution in [0.1, 0.15) is 5.56 Å². The number of methoxy groups -OCH3 is 1. The van der Waals surface area contributed by atoms with E-state index in [9.17, 15) is 14.4 Å². The van der Waals surface area contributed by atoms with E-state index in [0.29, 0.717) is 11.3 Å². The van der Waals surface area contributed by atoms with Gasteiger partial charge in [-0.25, -0.2) is 0 Å². The number of rotatable bonds is 7. The number of nitrogens with one attached hydrogen (secondary N) is 1. The molecule has 0 saturated carbocycles. The summed E-state index contributed by atoms with van der Waals surface area (Å²) in [5, 5.41) is 2.21. The van der Waals surface area contributed by atoms with Crippen LogP contribution in [-0.4, -0.2) is 38.0 Å². The minimum absolute atomic E-state index is 0.00683. The first kappa shape index (κ1) is 15.5. The quantitative estimate of drug-likeness (QED) is 0.647. The molecule has 0 atom stereocenters. The number of para-hydroxylation sites is 1. The molecule has 7 heteroatoms. The lowest BCUT2D eigenvalue weighted by molar-refractivity contribution is -0.147. The highest BCUT2D eigenvalue weighted by Crippen LogP contribution is 2.17. The third-order valence-corrected chi connectivity index (χ3v) is 2.35. The molecule has 7 nitrogen and oxygen atoms in total. The Kier molecular flexibility index (Phi) is 6.02. The van der Waals surface area contributed by atoms with E-state index in [0.717, 1.165) is 0 Å². The van der Waals surface area contributed by atoms with Crippen molar-refractivity contribution in [3.05, 3.63) is 29.8 Å². The maximum Gasteiger partial charge on any atom is 0.310 e. The molecule has 0 spiro atoms. The molecule has 1 aromatic rings. The van der Waals surface area contributed by atoms with Gasteiger partial charge in [-0.3, -0.25) is 14.4 Å². The highest BCUT2D eigenvalue weighted by molar-refractivity contribution is 5.85. The molecule has 0 saturated heterocycles. The minimum atomic E-state index is -0.668. The van der Waals surface area contributed by atoms with E-state index in [1.54, 1.807) is 24.3 Å². The Bertz CT molecular complexity index is 501. The number of primary amides is 1. The monoisotopic (exact) mass is 280 g/mol. The van der Waals surface area contributed by atoms with Gasteiger partial charge in [0.15, 0.2) is 6.61 Å². The van der Waals surface area contributed by atoms with Crippen molar-refractivity contribution in [2.24, 2.45) is 5.73 Å². The van der Waals surface area contributed by atoms with Crippen molar-refractivity contribution in [1.82, 2.24) is 5.32 Å². The van der Waals surface area contributed by atoms with Crippen LogP contribution in [-0.2, 0) is 25.5 Å². The molecule has 0 fully saturated rings. The third kappa shape index (κ3) is 5.38. The summed E-state index contributed by atoms with van der Waals surface area (Å²) in [5.74, 6) is -1.25. The SMILES string of the molecule is COc1ccccc1CC(=O)OCC(=O)NCC(N)=O. The van der Waals surface area contributed by atoms with E-state index in [2.05, 4.69) is 5.32 Å². The number of hydrogen-bond donors (Lipinski definition) is 2. The van der Waals surface area contributed by atoms with Crippen LogP contribution in [0.5, 0.6) is 5.75 Å². The molecule has 2 amide bonds. The van der Waals surface area contributed by atoms with Gasteiger partial charge in [-0.15, -0.1) is 0 Å². The van der Waals surface area contributed by atoms with Crippen LogP contribution in [0.15, 0.2) is 24.3 Å². The van der Waals surface area contributed by atoms with E-state index in [4.69, 9.17) is 15.2 Å². The van der Waals surface area contributed by atoms with E-state index in [1.165, 1.54) is 7.11 Å².